The topological polar surface area (TPSA) is 60.4 Å². The van der Waals surface area contributed by atoms with E-state index in [2.05, 4.69) is 56.7 Å². The Morgan fingerprint density at radius 3 is 2.50 bits per heavy atom. The van der Waals surface area contributed by atoms with Crippen LogP contribution in [-0.4, -0.2) is 65.0 Å². The number of fused-ring (bicyclic) bond motifs is 3. The molecule has 7 heteroatoms. The van der Waals surface area contributed by atoms with Crippen LogP contribution in [0.2, 0.25) is 0 Å². The van der Waals surface area contributed by atoms with Crippen molar-refractivity contribution in [3.8, 4) is 0 Å². The quantitative estimate of drug-likeness (QED) is 0.731. The second-order valence-corrected chi connectivity index (χ2v) is 10.5. The van der Waals surface area contributed by atoms with Crippen LogP contribution in [0.25, 0.3) is 5.57 Å². The highest BCUT2D eigenvalue weighted by molar-refractivity contribution is 5.79. The maximum absolute atomic E-state index is 5.07. The lowest BCUT2D eigenvalue weighted by atomic mass is 9.64. The van der Waals surface area contributed by atoms with E-state index in [-0.39, 0.29) is 5.41 Å². The van der Waals surface area contributed by atoms with Crippen molar-refractivity contribution in [3.05, 3.63) is 53.8 Å². The summed E-state index contributed by atoms with van der Waals surface area (Å²) >= 11 is 0. The number of rotatable bonds is 3. The number of pyridine rings is 1. The number of nitrogens with zero attached hydrogens (tertiary/aromatic N) is 6. The fraction of sp³-hybridized carbons (Fsp3) is 0.519. The number of piperazine rings is 1. The zero-order chi connectivity index (χ0) is 23.3. The molecule has 2 aliphatic heterocycles. The van der Waals surface area contributed by atoms with Gasteiger partial charge in [-0.15, -0.1) is 0 Å². The molecule has 1 saturated heterocycles. The maximum Gasteiger partial charge on any atom is 0.228 e. The number of hydrogen-bond acceptors (Lipinski definition) is 7. The average Bonchev–Trinajstić information content (AvgIpc) is 3.24. The van der Waals surface area contributed by atoms with E-state index < -0.39 is 0 Å². The molecule has 2 aromatic heterocycles. The molecule has 0 amide bonds. The Kier molecular flexibility index (Phi) is 5.32. The number of hydrogen-bond donors (Lipinski definition) is 1. The molecule has 34 heavy (non-hydrogen) atoms. The second kappa shape index (κ2) is 8.38. The van der Waals surface area contributed by atoms with Crippen molar-refractivity contribution < 1.29 is 0 Å². The van der Waals surface area contributed by atoms with E-state index in [0.717, 1.165) is 50.5 Å². The Labute approximate surface area is 202 Å². The molecule has 2 aliphatic carbocycles. The molecule has 1 N–H and O–H groups in total. The lowest BCUT2D eigenvalue weighted by Gasteiger charge is -2.46. The van der Waals surface area contributed by atoms with Crippen LogP contribution in [0.3, 0.4) is 0 Å². The van der Waals surface area contributed by atoms with Gasteiger partial charge in [-0.3, -0.25) is 0 Å². The SMILES string of the molecule is C=C1CC2(CCCCC2)C2=C(Cc3cnc(Nc4ccc(N5CCN(C)CC5)cn4)nc32)N1C. The molecule has 0 bridgehead atoms. The van der Waals surface area contributed by atoms with Crippen LogP contribution in [0.15, 0.2) is 42.5 Å². The van der Waals surface area contributed by atoms with Crippen molar-refractivity contribution in [2.45, 2.75) is 44.9 Å². The first-order valence-corrected chi connectivity index (χ1v) is 12.7. The van der Waals surface area contributed by atoms with Gasteiger partial charge in [0.15, 0.2) is 0 Å². The van der Waals surface area contributed by atoms with Crippen molar-refractivity contribution in [1.82, 2.24) is 24.8 Å². The van der Waals surface area contributed by atoms with Crippen LogP contribution in [0.4, 0.5) is 17.5 Å². The summed E-state index contributed by atoms with van der Waals surface area (Å²) < 4.78 is 0. The van der Waals surface area contributed by atoms with Crippen LogP contribution < -0.4 is 10.2 Å². The molecule has 4 heterocycles. The smallest absolute Gasteiger partial charge is 0.228 e. The molecule has 178 valence electrons. The highest BCUT2D eigenvalue weighted by Gasteiger charge is 2.46. The van der Waals surface area contributed by atoms with Gasteiger partial charge in [0.1, 0.15) is 5.82 Å². The summed E-state index contributed by atoms with van der Waals surface area (Å²) in [6.07, 6.45) is 12.3. The number of nitrogens with one attached hydrogen (secondary N) is 1. The lowest BCUT2D eigenvalue weighted by molar-refractivity contribution is 0.234. The van der Waals surface area contributed by atoms with Crippen molar-refractivity contribution in [3.63, 3.8) is 0 Å². The Bertz CT molecular complexity index is 1120. The van der Waals surface area contributed by atoms with Crippen LogP contribution in [0.1, 0.15) is 49.8 Å². The summed E-state index contributed by atoms with van der Waals surface area (Å²) in [4.78, 5) is 21.5. The Balaban J connectivity index is 1.26. The lowest BCUT2D eigenvalue weighted by Crippen LogP contribution is -2.44. The molecule has 0 aromatic carbocycles. The van der Waals surface area contributed by atoms with E-state index in [9.17, 15) is 0 Å². The van der Waals surface area contributed by atoms with Gasteiger partial charge in [0.2, 0.25) is 5.95 Å². The van der Waals surface area contributed by atoms with Crippen LogP contribution in [0, 0.1) is 5.41 Å². The molecule has 7 nitrogen and oxygen atoms in total. The minimum atomic E-state index is 0.191. The summed E-state index contributed by atoms with van der Waals surface area (Å²) in [6, 6.07) is 4.18. The third-order valence-electron chi connectivity index (χ3n) is 8.37. The first-order valence-electron chi connectivity index (χ1n) is 12.7. The highest BCUT2D eigenvalue weighted by atomic mass is 15.3. The molecule has 0 atom stereocenters. The fourth-order valence-electron chi connectivity index (χ4n) is 6.33. The Morgan fingerprint density at radius 1 is 0.971 bits per heavy atom. The normalized spacial score (nSPS) is 22.2. The molecule has 0 unspecified atom stereocenters. The van der Waals surface area contributed by atoms with Crippen molar-refractivity contribution in [2.75, 3.05) is 50.5 Å². The highest BCUT2D eigenvalue weighted by Crippen LogP contribution is 2.58. The van der Waals surface area contributed by atoms with Gasteiger partial charge in [-0.25, -0.2) is 15.0 Å². The summed E-state index contributed by atoms with van der Waals surface area (Å²) in [5.41, 5.74) is 7.83. The minimum absolute atomic E-state index is 0.191. The van der Waals surface area contributed by atoms with Crippen molar-refractivity contribution in [2.24, 2.45) is 5.41 Å². The summed E-state index contributed by atoms with van der Waals surface area (Å²) in [6.45, 7) is 8.67. The first kappa shape index (κ1) is 21.6. The molecule has 2 fully saturated rings. The van der Waals surface area contributed by atoms with Crippen molar-refractivity contribution >= 4 is 23.0 Å². The zero-order valence-corrected chi connectivity index (χ0v) is 20.5. The van der Waals surface area contributed by atoms with Crippen LogP contribution >= 0.6 is 0 Å². The maximum atomic E-state index is 5.07. The summed E-state index contributed by atoms with van der Waals surface area (Å²) in [5, 5.41) is 3.36. The number of anilines is 3. The van der Waals surface area contributed by atoms with E-state index in [1.54, 1.807) is 0 Å². The minimum Gasteiger partial charge on any atom is -0.368 e. The number of likely N-dealkylation sites (N-methyl/N-ethyl adjacent to an activating group) is 2. The molecule has 6 rings (SSSR count). The standard InChI is InChI=1S/C27H35N7/c1-19-16-27(9-5-4-6-10-27)24-22(33(19)3)15-20-17-29-26(31-25(20)24)30-23-8-7-21(18-28-23)34-13-11-32(2)12-14-34/h7-8,17-18H,1,4-6,9-16H2,2-3H3,(H,28,29,30,31). The van der Waals surface area contributed by atoms with Gasteiger partial charge in [-0.05, 0) is 38.4 Å². The van der Waals surface area contributed by atoms with Gasteiger partial charge in [0.05, 0.1) is 17.6 Å². The summed E-state index contributed by atoms with van der Waals surface area (Å²) in [5.74, 6) is 1.41. The van der Waals surface area contributed by atoms with E-state index in [0.29, 0.717) is 5.95 Å². The van der Waals surface area contributed by atoms with Crippen LogP contribution in [-0.2, 0) is 6.42 Å². The Morgan fingerprint density at radius 2 is 1.76 bits per heavy atom. The largest absolute Gasteiger partial charge is 0.368 e. The number of allylic oxidation sites excluding steroid dienone is 3. The third kappa shape index (κ3) is 3.66. The molecular formula is C27H35N7. The third-order valence-corrected chi connectivity index (χ3v) is 8.37. The first-order chi connectivity index (χ1) is 16.5. The predicted octanol–water partition coefficient (Wildman–Crippen LogP) is 4.43. The Hall–Kier alpha value is -2.93. The van der Waals surface area contributed by atoms with E-state index in [1.807, 2.05) is 18.5 Å². The van der Waals surface area contributed by atoms with Gasteiger partial charge in [-0.2, -0.15) is 0 Å². The molecular weight excluding hydrogens is 422 g/mol. The predicted molar refractivity (Wildman–Crippen MR) is 137 cm³/mol. The molecule has 1 spiro atoms. The number of aromatic nitrogens is 3. The van der Waals surface area contributed by atoms with Gasteiger partial charge >= 0.3 is 0 Å². The van der Waals surface area contributed by atoms with Gasteiger partial charge < -0.3 is 20.0 Å². The van der Waals surface area contributed by atoms with Crippen molar-refractivity contribution in [1.29, 1.82) is 0 Å². The monoisotopic (exact) mass is 457 g/mol. The van der Waals surface area contributed by atoms with Gasteiger partial charge in [-0.1, -0.05) is 25.8 Å². The zero-order valence-electron chi connectivity index (χ0n) is 20.5. The molecule has 1 saturated carbocycles. The molecule has 0 radical (unpaired) electrons. The molecule has 2 aromatic rings. The van der Waals surface area contributed by atoms with Crippen LogP contribution in [0.5, 0.6) is 0 Å². The second-order valence-electron chi connectivity index (χ2n) is 10.5. The fourth-order valence-corrected chi connectivity index (χ4v) is 6.33. The molecule has 4 aliphatic rings. The van der Waals surface area contributed by atoms with Gasteiger partial charge in [0, 0.05) is 73.8 Å². The van der Waals surface area contributed by atoms with Gasteiger partial charge in [0.25, 0.3) is 0 Å². The summed E-state index contributed by atoms with van der Waals surface area (Å²) in [7, 11) is 4.34. The van der Waals surface area contributed by atoms with E-state index in [4.69, 9.17) is 4.98 Å². The van der Waals surface area contributed by atoms with E-state index >= 15 is 0 Å². The van der Waals surface area contributed by atoms with E-state index in [1.165, 1.54) is 60.3 Å². The average molecular weight is 458 g/mol.